The molecule has 1 amide bonds. The van der Waals surface area contributed by atoms with Crippen molar-refractivity contribution in [3.63, 3.8) is 0 Å². The van der Waals surface area contributed by atoms with E-state index in [4.69, 9.17) is 0 Å². The number of likely N-dealkylation sites (tertiary alicyclic amines) is 1. The van der Waals surface area contributed by atoms with E-state index < -0.39 is 17.7 Å². The minimum atomic E-state index is -0.666. The Kier molecular flexibility index (Phi) is 5.13. The van der Waals surface area contributed by atoms with Gasteiger partial charge in [0.15, 0.2) is 0 Å². The van der Waals surface area contributed by atoms with Gasteiger partial charge in [0, 0.05) is 55.2 Å². The number of rotatable bonds is 5. The van der Waals surface area contributed by atoms with E-state index in [1.807, 2.05) is 54.9 Å². The second kappa shape index (κ2) is 7.76. The number of aliphatic hydroxyl groups is 1. The number of likely N-dealkylation sites (N-methyl/N-ethyl adjacent to an activating group) is 1. The van der Waals surface area contributed by atoms with Gasteiger partial charge in [0.05, 0.1) is 11.6 Å². The van der Waals surface area contributed by atoms with Crippen molar-refractivity contribution in [2.75, 3.05) is 27.2 Å². The van der Waals surface area contributed by atoms with Crippen molar-refractivity contribution >= 4 is 28.4 Å². The number of aliphatic hydroxyl groups excluding tert-OH is 1. The molecule has 0 saturated carbocycles. The summed E-state index contributed by atoms with van der Waals surface area (Å²) in [4.78, 5) is 33.5. The van der Waals surface area contributed by atoms with Crippen LogP contribution in [0.1, 0.15) is 17.2 Å². The van der Waals surface area contributed by atoms with Crippen molar-refractivity contribution < 1.29 is 14.7 Å². The second-order valence-electron chi connectivity index (χ2n) is 7.75. The Bertz CT molecular complexity index is 1150. The first kappa shape index (κ1) is 19.8. The summed E-state index contributed by atoms with van der Waals surface area (Å²) in [6.07, 6.45) is 5.04. The van der Waals surface area contributed by atoms with Gasteiger partial charge in [0.1, 0.15) is 5.76 Å². The molecule has 7 heteroatoms. The monoisotopic (exact) mass is 404 g/mol. The molecule has 1 unspecified atom stereocenters. The van der Waals surface area contributed by atoms with Crippen LogP contribution in [0.5, 0.6) is 0 Å². The Labute approximate surface area is 174 Å². The summed E-state index contributed by atoms with van der Waals surface area (Å²) in [5.41, 5.74) is 2.32. The zero-order valence-electron chi connectivity index (χ0n) is 17.2. The van der Waals surface area contributed by atoms with E-state index >= 15 is 0 Å². The molecule has 0 bridgehead atoms. The lowest BCUT2D eigenvalue weighted by atomic mass is 9.96. The summed E-state index contributed by atoms with van der Waals surface area (Å²) in [7, 11) is 5.71. The zero-order chi connectivity index (χ0) is 21.4. The Morgan fingerprint density at radius 1 is 1.13 bits per heavy atom. The predicted octanol–water partition coefficient (Wildman–Crippen LogP) is 2.56. The molecular formula is C23H24N4O3. The van der Waals surface area contributed by atoms with E-state index in [0.717, 1.165) is 16.5 Å². The average Bonchev–Trinajstić information content (AvgIpc) is 3.21. The lowest BCUT2D eigenvalue weighted by Gasteiger charge is -2.26. The van der Waals surface area contributed by atoms with Gasteiger partial charge in [0.25, 0.3) is 11.7 Å². The normalized spacial score (nSPS) is 18.7. The number of ketones is 1. The first-order valence-electron chi connectivity index (χ1n) is 9.77. The number of para-hydroxylation sites is 1. The number of aryl methyl sites for hydroxylation is 1. The molecule has 154 valence electrons. The van der Waals surface area contributed by atoms with E-state index in [1.54, 1.807) is 30.7 Å². The van der Waals surface area contributed by atoms with Crippen molar-refractivity contribution in [1.82, 2.24) is 19.4 Å². The van der Waals surface area contributed by atoms with Crippen LogP contribution in [-0.4, -0.2) is 63.3 Å². The number of nitrogens with zero attached hydrogens (tertiary/aromatic N) is 4. The van der Waals surface area contributed by atoms with Crippen LogP contribution in [0.2, 0.25) is 0 Å². The van der Waals surface area contributed by atoms with Crippen LogP contribution in [0.3, 0.4) is 0 Å². The molecule has 1 aliphatic rings. The van der Waals surface area contributed by atoms with E-state index in [9.17, 15) is 14.7 Å². The van der Waals surface area contributed by atoms with Crippen LogP contribution in [0, 0.1) is 0 Å². The molecule has 1 fully saturated rings. The van der Waals surface area contributed by atoms with E-state index in [-0.39, 0.29) is 11.3 Å². The Morgan fingerprint density at radius 2 is 1.83 bits per heavy atom. The summed E-state index contributed by atoms with van der Waals surface area (Å²) in [6, 6.07) is 10.5. The fraction of sp³-hybridized carbons (Fsp3) is 0.261. The number of carbonyl (C=O) groups is 2. The fourth-order valence-electron chi connectivity index (χ4n) is 3.99. The molecule has 7 nitrogen and oxygen atoms in total. The quantitative estimate of drug-likeness (QED) is 0.402. The predicted molar refractivity (Wildman–Crippen MR) is 115 cm³/mol. The molecule has 2 aromatic heterocycles. The van der Waals surface area contributed by atoms with Crippen LogP contribution in [-0.2, 0) is 16.6 Å². The number of carbonyl (C=O) groups excluding carboxylic acids is 2. The molecule has 3 heterocycles. The summed E-state index contributed by atoms with van der Waals surface area (Å²) >= 11 is 0. The minimum absolute atomic E-state index is 0.112. The molecule has 1 saturated heterocycles. The van der Waals surface area contributed by atoms with Crippen molar-refractivity contribution in [2.45, 2.75) is 6.04 Å². The maximum atomic E-state index is 13.1. The Balaban J connectivity index is 1.91. The summed E-state index contributed by atoms with van der Waals surface area (Å²) in [6.45, 7) is 0.972. The van der Waals surface area contributed by atoms with Crippen LogP contribution in [0.15, 0.2) is 60.6 Å². The molecule has 1 N–H and O–H groups in total. The van der Waals surface area contributed by atoms with Crippen molar-refractivity contribution in [1.29, 1.82) is 0 Å². The maximum Gasteiger partial charge on any atom is 0.295 e. The van der Waals surface area contributed by atoms with E-state index in [1.165, 1.54) is 4.90 Å². The van der Waals surface area contributed by atoms with E-state index in [0.29, 0.717) is 18.7 Å². The fourth-order valence-corrected chi connectivity index (χ4v) is 3.99. The minimum Gasteiger partial charge on any atom is -0.507 e. The first-order chi connectivity index (χ1) is 14.4. The molecule has 4 rings (SSSR count). The van der Waals surface area contributed by atoms with Gasteiger partial charge in [0.2, 0.25) is 0 Å². The molecule has 0 aliphatic carbocycles. The van der Waals surface area contributed by atoms with Gasteiger partial charge in [-0.3, -0.25) is 14.6 Å². The summed E-state index contributed by atoms with van der Waals surface area (Å²) in [5.74, 6) is -1.42. The van der Waals surface area contributed by atoms with Crippen molar-refractivity contribution in [3.05, 3.63) is 71.7 Å². The highest BCUT2D eigenvalue weighted by Crippen LogP contribution is 2.40. The summed E-state index contributed by atoms with van der Waals surface area (Å²) in [5, 5.41) is 12.1. The maximum absolute atomic E-state index is 13.1. The SMILES string of the molecule is CN(C)CCN1C(=O)C(=O)C(=C(O)c2cn(C)c3ccccc23)C1c1ccncc1. The lowest BCUT2D eigenvalue weighted by molar-refractivity contribution is -0.140. The molecule has 1 atom stereocenters. The second-order valence-corrected chi connectivity index (χ2v) is 7.75. The molecule has 3 aromatic rings. The topological polar surface area (TPSA) is 78.7 Å². The van der Waals surface area contributed by atoms with Crippen LogP contribution in [0.25, 0.3) is 16.7 Å². The van der Waals surface area contributed by atoms with Gasteiger partial charge >= 0.3 is 0 Å². The van der Waals surface area contributed by atoms with Gasteiger partial charge in [-0.25, -0.2) is 0 Å². The first-order valence-corrected chi connectivity index (χ1v) is 9.77. The number of Topliss-reactive ketones (excluding diaryl/α,β-unsaturated/α-hetero) is 1. The number of aromatic nitrogens is 2. The van der Waals surface area contributed by atoms with Gasteiger partial charge in [-0.2, -0.15) is 0 Å². The molecule has 0 spiro atoms. The highest BCUT2D eigenvalue weighted by atomic mass is 16.3. The molecule has 1 aromatic carbocycles. The van der Waals surface area contributed by atoms with Gasteiger partial charge in [-0.1, -0.05) is 18.2 Å². The number of pyridine rings is 1. The molecule has 1 aliphatic heterocycles. The van der Waals surface area contributed by atoms with E-state index in [2.05, 4.69) is 4.98 Å². The van der Waals surface area contributed by atoms with Crippen LogP contribution < -0.4 is 0 Å². The van der Waals surface area contributed by atoms with Crippen LogP contribution in [0.4, 0.5) is 0 Å². The standard InChI is InChI=1S/C23H24N4O3/c1-25(2)12-13-27-20(15-8-10-24-11-9-15)19(22(29)23(27)30)21(28)17-14-26(3)18-7-5-4-6-16(17)18/h4-11,14,20,28H,12-13H2,1-3H3. The molecular weight excluding hydrogens is 380 g/mol. The highest BCUT2D eigenvalue weighted by molar-refractivity contribution is 6.46. The number of amides is 1. The van der Waals surface area contributed by atoms with Crippen LogP contribution >= 0.6 is 0 Å². The average molecular weight is 404 g/mol. The highest BCUT2D eigenvalue weighted by Gasteiger charge is 2.46. The number of hydrogen-bond donors (Lipinski definition) is 1. The van der Waals surface area contributed by atoms with Crippen molar-refractivity contribution in [2.24, 2.45) is 7.05 Å². The van der Waals surface area contributed by atoms with Gasteiger partial charge < -0.3 is 19.5 Å². The lowest BCUT2D eigenvalue weighted by Crippen LogP contribution is -2.35. The van der Waals surface area contributed by atoms with Gasteiger partial charge in [-0.05, 0) is 37.9 Å². The third-order valence-electron chi connectivity index (χ3n) is 5.50. The van der Waals surface area contributed by atoms with Gasteiger partial charge in [-0.15, -0.1) is 0 Å². The third-order valence-corrected chi connectivity index (χ3v) is 5.50. The largest absolute Gasteiger partial charge is 0.507 e. The number of fused-ring (bicyclic) bond motifs is 1. The third kappa shape index (κ3) is 3.27. The Morgan fingerprint density at radius 3 is 2.53 bits per heavy atom. The molecule has 0 radical (unpaired) electrons. The zero-order valence-corrected chi connectivity index (χ0v) is 17.2. The number of hydrogen-bond acceptors (Lipinski definition) is 5. The number of benzene rings is 1. The summed E-state index contributed by atoms with van der Waals surface area (Å²) < 4.78 is 1.90. The smallest absolute Gasteiger partial charge is 0.295 e. The van der Waals surface area contributed by atoms with Crippen molar-refractivity contribution in [3.8, 4) is 0 Å². The molecule has 30 heavy (non-hydrogen) atoms. The Hall–Kier alpha value is -3.45.